The Morgan fingerprint density at radius 1 is 1.36 bits per heavy atom. The topological polar surface area (TPSA) is 49.4 Å². The maximum atomic E-state index is 11.2. The van der Waals surface area contributed by atoms with E-state index in [9.17, 15) is 8.42 Å². The van der Waals surface area contributed by atoms with E-state index >= 15 is 0 Å². The van der Waals surface area contributed by atoms with Gasteiger partial charge in [0.1, 0.15) is 4.66 Å². The van der Waals surface area contributed by atoms with Crippen molar-refractivity contribution in [3.8, 4) is 0 Å². The number of rotatable bonds is 2. The minimum Gasteiger partial charge on any atom is -0.314 e. The molecular formula is C5H11BrN2O2S. The van der Waals surface area contributed by atoms with Crippen molar-refractivity contribution in [3.63, 3.8) is 0 Å². The third-order valence-corrected chi connectivity index (χ3v) is 4.77. The van der Waals surface area contributed by atoms with Gasteiger partial charge in [-0.1, -0.05) is 15.9 Å². The molecule has 0 atom stereocenters. The largest absolute Gasteiger partial charge is 0.314 e. The Morgan fingerprint density at radius 2 is 1.91 bits per heavy atom. The minimum absolute atomic E-state index is 0.0278. The summed E-state index contributed by atoms with van der Waals surface area (Å²) < 4.78 is 23.9. The fraction of sp³-hybridized carbons (Fsp3) is 1.00. The number of piperazine rings is 1. The van der Waals surface area contributed by atoms with Crippen LogP contribution in [0.1, 0.15) is 0 Å². The molecule has 0 aromatic heterocycles. The van der Waals surface area contributed by atoms with Gasteiger partial charge in [-0.15, -0.1) is 0 Å². The molecule has 4 nitrogen and oxygen atoms in total. The average molecular weight is 243 g/mol. The van der Waals surface area contributed by atoms with Crippen LogP contribution in [-0.2, 0) is 10.0 Å². The van der Waals surface area contributed by atoms with Crippen LogP contribution in [-0.4, -0.2) is 43.6 Å². The van der Waals surface area contributed by atoms with Gasteiger partial charge in [-0.3, -0.25) is 0 Å². The highest BCUT2D eigenvalue weighted by Crippen LogP contribution is 2.05. The molecule has 0 aromatic carbocycles. The first kappa shape index (κ1) is 9.44. The van der Waals surface area contributed by atoms with Crippen LogP contribution in [0.5, 0.6) is 0 Å². The van der Waals surface area contributed by atoms with Gasteiger partial charge in [0.2, 0.25) is 10.0 Å². The Labute approximate surface area is 75.1 Å². The number of hydrogen-bond acceptors (Lipinski definition) is 3. The van der Waals surface area contributed by atoms with E-state index in [-0.39, 0.29) is 4.66 Å². The highest BCUT2D eigenvalue weighted by molar-refractivity contribution is 9.10. The second-order valence-electron chi connectivity index (χ2n) is 2.37. The van der Waals surface area contributed by atoms with Crippen molar-refractivity contribution in [2.45, 2.75) is 0 Å². The van der Waals surface area contributed by atoms with Gasteiger partial charge in [0, 0.05) is 26.2 Å². The fourth-order valence-corrected chi connectivity index (χ4v) is 2.74. The highest BCUT2D eigenvalue weighted by atomic mass is 79.9. The summed E-state index contributed by atoms with van der Waals surface area (Å²) in [7, 11) is -3.01. The molecular weight excluding hydrogens is 232 g/mol. The molecule has 0 amide bonds. The summed E-state index contributed by atoms with van der Waals surface area (Å²) in [6.45, 7) is 2.69. The first-order valence-corrected chi connectivity index (χ1v) is 6.14. The summed E-state index contributed by atoms with van der Waals surface area (Å²) in [4.78, 5) is 0. The van der Waals surface area contributed by atoms with E-state index < -0.39 is 10.0 Å². The predicted molar refractivity (Wildman–Crippen MR) is 47.2 cm³/mol. The molecule has 1 fully saturated rings. The number of halogens is 1. The zero-order chi connectivity index (χ0) is 8.32. The van der Waals surface area contributed by atoms with Crippen LogP contribution in [0, 0.1) is 0 Å². The van der Waals surface area contributed by atoms with E-state index in [1.807, 2.05) is 0 Å². The van der Waals surface area contributed by atoms with Gasteiger partial charge < -0.3 is 5.32 Å². The van der Waals surface area contributed by atoms with Gasteiger partial charge in [-0.25, -0.2) is 8.42 Å². The zero-order valence-electron chi connectivity index (χ0n) is 6.09. The summed E-state index contributed by atoms with van der Waals surface area (Å²) in [5, 5.41) is 3.09. The van der Waals surface area contributed by atoms with Gasteiger partial charge in [0.15, 0.2) is 0 Å². The Kier molecular flexibility index (Phi) is 3.29. The lowest BCUT2D eigenvalue weighted by Crippen LogP contribution is -2.46. The molecule has 0 spiro atoms. The Bertz CT molecular complexity index is 211. The van der Waals surface area contributed by atoms with Crippen molar-refractivity contribution >= 4 is 26.0 Å². The molecule has 0 radical (unpaired) electrons. The Hall–Kier alpha value is 0.350. The molecule has 0 unspecified atom stereocenters. The average Bonchev–Trinajstić information content (AvgIpc) is 2.06. The normalized spacial score (nSPS) is 21.9. The summed E-state index contributed by atoms with van der Waals surface area (Å²) in [5.74, 6) is 0. The minimum atomic E-state index is -3.01. The van der Waals surface area contributed by atoms with Crippen LogP contribution in [0.4, 0.5) is 0 Å². The predicted octanol–water partition coefficient (Wildman–Crippen LogP) is -0.426. The van der Waals surface area contributed by atoms with Crippen LogP contribution in [0.25, 0.3) is 0 Å². The van der Waals surface area contributed by atoms with Crippen molar-refractivity contribution in [1.29, 1.82) is 0 Å². The third kappa shape index (κ3) is 2.40. The molecule has 6 heteroatoms. The van der Waals surface area contributed by atoms with Crippen molar-refractivity contribution in [2.75, 3.05) is 30.8 Å². The molecule has 66 valence electrons. The summed E-state index contributed by atoms with van der Waals surface area (Å²) in [5.41, 5.74) is 0. The molecule has 0 bridgehead atoms. The first-order valence-electron chi connectivity index (χ1n) is 3.41. The summed E-state index contributed by atoms with van der Waals surface area (Å²) in [6.07, 6.45) is 0. The van der Waals surface area contributed by atoms with Crippen molar-refractivity contribution < 1.29 is 8.42 Å². The molecule has 0 aliphatic carbocycles. The van der Waals surface area contributed by atoms with Crippen LogP contribution >= 0.6 is 15.9 Å². The smallest absolute Gasteiger partial charge is 0.224 e. The van der Waals surface area contributed by atoms with Gasteiger partial charge in [-0.2, -0.15) is 4.31 Å². The van der Waals surface area contributed by atoms with E-state index in [0.29, 0.717) is 13.1 Å². The van der Waals surface area contributed by atoms with Crippen LogP contribution < -0.4 is 5.32 Å². The maximum absolute atomic E-state index is 11.2. The molecule has 1 heterocycles. The van der Waals surface area contributed by atoms with Crippen molar-refractivity contribution in [3.05, 3.63) is 0 Å². The van der Waals surface area contributed by atoms with Gasteiger partial charge >= 0.3 is 0 Å². The van der Waals surface area contributed by atoms with E-state index in [4.69, 9.17) is 0 Å². The summed E-state index contributed by atoms with van der Waals surface area (Å²) >= 11 is 2.96. The second kappa shape index (κ2) is 3.84. The lowest BCUT2D eigenvalue weighted by molar-refractivity contribution is 0.362. The number of alkyl halides is 1. The van der Waals surface area contributed by atoms with E-state index in [2.05, 4.69) is 21.2 Å². The third-order valence-electron chi connectivity index (χ3n) is 1.61. The van der Waals surface area contributed by atoms with Crippen LogP contribution in [0.2, 0.25) is 0 Å². The fourth-order valence-electron chi connectivity index (χ4n) is 0.991. The van der Waals surface area contributed by atoms with Crippen LogP contribution in [0.15, 0.2) is 0 Å². The number of nitrogens with one attached hydrogen (secondary N) is 1. The molecule has 0 saturated carbocycles. The number of hydrogen-bond donors (Lipinski definition) is 1. The van der Waals surface area contributed by atoms with Crippen LogP contribution in [0.3, 0.4) is 0 Å². The molecule has 1 saturated heterocycles. The molecule has 0 aromatic rings. The van der Waals surface area contributed by atoms with E-state index in [0.717, 1.165) is 13.1 Å². The number of sulfonamides is 1. The Morgan fingerprint density at radius 3 is 2.36 bits per heavy atom. The SMILES string of the molecule is O=S(=O)(CBr)N1CCNCC1. The van der Waals surface area contributed by atoms with Gasteiger partial charge in [0.05, 0.1) is 0 Å². The number of nitrogens with zero attached hydrogens (tertiary/aromatic N) is 1. The van der Waals surface area contributed by atoms with Gasteiger partial charge in [0.25, 0.3) is 0 Å². The Balaban J connectivity index is 2.58. The lowest BCUT2D eigenvalue weighted by Gasteiger charge is -2.25. The van der Waals surface area contributed by atoms with Crippen molar-refractivity contribution in [2.24, 2.45) is 0 Å². The lowest BCUT2D eigenvalue weighted by atomic mass is 10.4. The van der Waals surface area contributed by atoms with E-state index in [1.165, 1.54) is 4.31 Å². The monoisotopic (exact) mass is 242 g/mol. The second-order valence-corrected chi connectivity index (χ2v) is 5.64. The van der Waals surface area contributed by atoms with Gasteiger partial charge in [-0.05, 0) is 0 Å². The van der Waals surface area contributed by atoms with E-state index in [1.54, 1.807) is 0 Å². The standard InChI is InChI=1S/C5H11BrN2O2S/c6-5-11(9,10)8-3-1-7-2-4-8/h7H,1-5H2. The molecule has 1 aliphatic rings. The molecule has 1 N–H and O–H groups in total. The summed E-state index contributed by atoms with van der Waals surface area (Å²) in [6, 6.07) is 0. The first-order chi connectivity index (χ1) is 5.17. The van der Waals surface area contributed by atoms with Crippen molar-refractivity contribution in [1.82, 2.24) is 9.62 Å². The zero-order valence-corrected chi connectivity index (χ0v) is 8.49. The highest BCUT2D eigenvalue weighted by Gasteiger charge is 2.21. The maximum Gasteiger partial charge on any atom is 0.224 e. The molecule has 11 heavy (non-hydrogen) atoms. The quantitative estimate of drug-likeness (QED) is 0.670. The molecule has 1 rings (SSSR count). The molecule has 1 aliphatic heterocycles.